The van der Waals surface area contributed by atoms with Gasteiger partial charge < -0.3 is 10.8 Å². The van der Waals surface area contributed by atoms with Crippen LogP contribution in [0.15, 0.2) is 30.3 Å². The van der Waals surface area contributed by atoms with Crippen molar-refractivity contribution in [2.45, 2.75) is 5.92 Å². The molecule has 0 aromatic heterocycles. The number of β-amino-alcohol motifs (C(OH)–C–C–N with tert-alkyl or cyclic N) is 1. The lowest BCUT2D eigenvalue weighted by molar-refractivity contribution is 0.112. The predicted octanol–water partition coefficient (Wildman–Crippen LogP) is 0.666. The minimum Gasteiger partial charge on any atom is -0.395 e. The van der Waals surface area contributed by atoms with Gasteiger partial charge in [0.25, 0.3) is 0 Å². The van der Waals surface area contributed by atoms with Gasteiger partial charge in [0.15, 0.2) is 0 Å². The first-order chi connectivity index (χ1) is 9.70. The van der Waals surface area contributed by atoms with Crippen LogP contribution in [-0.2, 0) is 0 Å². The van der Waals surface area contributed by atoms with Crippen LogP contribution >= 0.6 is 12.2 Å². The normalized spacial score (nSPS) is 18.9. The highest BCUT2D eigenvalue weighted by molar-refractivity contribution is 7.80. The van der Waals surface area contributed by atoms with E-state index in [1.807, 2.05) is 18.2 Å². The maximum atomic E-state index is 8.96. The largest absolute Gasteiger partial charge is 0.395 e. The van der Waals surface area contributed by atoms with Gasteiger partial charge in [-0.25, -0.2) is 0 Å². The van der Waals surface area contributed by atoms with Gasteiger partial charge in [-0.05, 0) is 5.56 Å². The Morgan fingerprint density at radius 3 is 2.30 bits per heavy atom. The molecule has 0 aliphatic carbocycles. The topological polar surface area (TPSA) is 52.7 Å². The van der Waals surface area contributed by atoms with Crippen molar-refractivity contribution >= 4 is 17.2 Å². The zero-order valence-electron chi connectivity index (χ0n) is 11.7. The van der Waals surface area contributed by atoms with E-state index in [0.717, 1.165) is 39.3 Å². The molecule has 1 atom stereocenters. The number of benzene rings is 1. The molecule has 0 saturated carbocycles. The molecule has 2 rings (SSSR count). The first-order valence-electron chi connectivity index (χ1n) is 7.10. The Balaban J connectivity index is 1.92. The molecule has 4 nitrogen and oxygen atoms in total. The number of aliphatic hydroxyl groups excluding tert-OH is 1. The van der Waals surface area contributed by atoms with E-state index in [1.54, 1.807) is 0 Å². The van der Waals surface area contributed by atoms with Crippen LogP contribution in [0.2, 0.25) is 0 Å². The van der Waals surface area contributed by atoms with Crippen LogP contribution < -0.4 is 5.73 Å². The molecule has 1 aromatic rings. The zero-order valence-corrected chi connectivity index (χ0v) is 12.6. The Morgan fingerprint density at radius 2 is 1.75 bits per heavy atom. The van der Waals surface area contributed by atoms with Crippen LogP contribution in [0.25, 0.3) is 0 Å². The van der Waals surface area contributed by atoms with Crippen molar-refractivity contribution in [3.05, 3.63) is 35.9 Å². The number of hydrogen-bond acceptors (Lipinski definition) is 4. The van der Waals surface area contributed by atoms with E-state index >= 15 is 0 Å². The lowest BCUT2D eigenvalue weighted by Crippen LogP contribution is -2.49. The molecule has 5 heteroatoms. The van der Waals surface area contributed by atoms with Crippen molar-refractivity contribution < 1.29 is 5.11 Å². The molecule has 3 N–H and O–H groups in total. The maximum absolute atomic E-state index is 8.96. The van der Waals surface area contributed by atoms with E-state index in [0.29, 0.717) is 4.99 Å². The van der Waals surface area contributed by atoms with Crippen molar-refractivity contribution in [2.75, 3.05) is 45.9 Å². The summed E-state index contributed by atoms with van der Waals surface area (Å²) in [6.07, 6.45) is 0. The van der Waals surface area contributed by atoms with Crippen LogP contribution in [0.5, 0.6) is 0 Å². The molecule has 1 heterocycles. The van der Waals surface area contributed by atoms with Gasteiger partial charge in [-0.2, -0.15) is 0 Å². The van der Waals surface area contributed by atoms with Crippen LogP contribution in [0, 0.1) is 0 Å². The Hall–Kier alpha value is -1.01. The van der Waals surface area contributed by atoms with Crippen molar-refractivity contribution in [1.82, 2.24) is 9.80 Å². The van der Waals surface area contributed by atoms with Gasteiger partial charge in [0.1, 0.15) is 0 Å². The second-order valence-corrected chi connectivity index (χ2v) is 5.70. The average Bonchev–Trinajstić information content (AvgIpc) is 2.47. The summed E-state index contributed by atoms with van der Waals surface area (Å²) in [5, 5.41) is 8.96. The molecule has 20 heavy (non-hydrogen) atoms. The van der Waals surface area contributed by atoms with Gasteiger partial charge in [-0.15, -0.1) is 0 Å². The molecule has 1 fully saturated rings. The van der Waals surface area contributed by atoms with Crippen molar-refractivity contribution in [3.63, 3.8) is 0 Å². The Bertz CT molecular complexity index is 418. The van der Waals surface area contributed by atoms with Gasteiger partial charge in [0.05, 0.1) is 11.6 Å². The molecular formula is C15H23N3OS. The summed E-state index contributed by atoms with van der Waals surface area (Å²) in [4.78, 5) is 5.26. The molecule has 0 amide bonds. The number of hydrogen-bond donors (Lipinski definition) is 2. The van der Waals surface area contributed by atoms with E-state index < -0.39 is 0 Å². The van der Waals surface area contributed by atoms with Gasteiger partial charge >= 0.3 is 0 Å². The fourth-order valence-electron chi connectivity index (χ4n) is 2.64. The third-order valence-electron chi connectivity index (χ3n) is 3.87. The standard InChI is InChI=1S/C15H23N3OS/c16-15(20)14(13-4-2-1-3-5-13)12-18-8-6-17(7-9-18)10-11-19/h1-5,14,19H,6-12H2,(H2,16,20). The van der Waals surface area contributed by atoms with Crippen molar-refractivity contribution in [2.24, 2.45) is 5.73 Å². The van der Waals surface area contributed by atoms with E-state index in [2.05, 4.69) is 21.9 Å². The quantitative estimate of drug-likeness (QED) is 0.755. The summed E-state index contributed by atoms with van der Waals surface area (Å²) in [5.74, 6) is 0.121. The minimum absolute atomic E-state index is 0.121. The van der Waals surface area contributed by atoms with Gasteiger partial charge in [-0.1, -0.05) is 42.5 Å². The van der Waals surface area contributed by atoms with E-state index in [9.17, 15) is 0 Å². The third-order valence-corrected chi connectivity index (χ3v) is 4.15. The molecule has 0 spiro atoms. The number of piperazine rings is 1. The van der Waals surface area contributed by atoms with Crippen LogP contribution in [-0.4, -0.2) is 65.8 Å². The van der Waals surface area contributed by atoms with Gasteiger partial charge in [0.2, 0.25) is 0 Å². The minimum atomic E-state index is 0.121. The SMILES string of the molecule is NC(=S)C(CN1CCN(CCO)CC1)c1ccccc1. The number of aliphatic hydroxyl groups is 1. The highest BCUT2D eigenvalue weighted by Crippen LogP contribution is 2.18. The van der Waals surface area contributed by atoms with Crippen LogP contribution in [0.1, 0.15) is 11.5 Å². The van der Waals surface area contributed by atoms with Crippen molar-refractivity contribution in [1.29, 1.82) is 0 Å². The third kappa shape index (κ3) is 4.24. The molecule has 1 aliphatic rings. The molecule has 110 valence electrons. The summed E-state index contributed by atoms with van der Waals surface area (Å²) in [7, 11) is 0. The fraction of sp³-hybridized carbons (Fsp3) is 0.533. The first kappa shape index (κ1) is 15.4. The number of nitrogens with zero attached hydrogens (tertiary/aromatic N) is 2. The molecule has 1 unspecified atom stereocenters. The highest BCUT2D eigenvalue weighted by atomic mass is 32.1. The second kappa shape index (κ2) is 7.69. The average molecular weight is 293 g/mol. The van der Waals surface area contributed by atoms with Gasteiger partial charge in [-0.3, -0.25) is 9.80 Å². The first-order valence-corrected chi connectivity index (χ1v) is 7.51. The highest BCUT2D eigenvalue weighted by Gasteiger charge is 2.22. The number of rotatable bonds is 6. The number of nitrogens with two attached hydrogens (primary N) is 1. The molecule has 1 aromatic carbocycles. The van der Waals surface area contributed by atoms with E-state index in [4.69, 9.17) is 23.1 Å². The second-order valence-electron chi connectivity index (χ2n) is 5.23. The molecule has 0 bridgehead atoms. The molecule has 1 saturated heterocycles. The monoisotopic (exact) mass is 293 g/mol. The number of thiocarbonyl (C=S) groups is 1. The van der Waals surface area contributed by atoms with Gasteiger partial charge in [0, 0.05) is 45.2 Å². The summed E-state index contributed by atoms with van der Waals surface area (Å²) in [5.41, 5.74) is 7.11. The maximum Gasteiger partial charge on any atom is 0.0816 e. The molecule has 1 aliphatic heterocycles. The summed E-state index contributed by atoms with van der Waals surface area (Å²) < 4.78 is 0. The zero-order chi connectivity index (χ0) is 14.4. The smallest absolute Gasteiger partial charge is 0.0816 e. The lowest BCUT2D eigenvalue weighted by atomic mass is 9.98. The Labute approximate surface area is 126 Å². The summed E-state index contributed by atoms with van der Waals surface area (Å²) >= 11 is 5.24. The molecule has 0 radical (unpaired) electrons. The van der Waals surface area contributed by atoms with Crippen molar-refractivity contribution in [3.8, 4) is 0 Å². The lowest BCUT2D eigenvalue weighted by Gasteiger charge is -2.36. The summed E-state index contributed by atoms with van der Waals surface area (Å²) in [6.45, 7) is 5.90. The van der Waals surface area contributed by atoms with E-state index in [-0.39, 0.29) is 12.5 Å². The van der Waals surface area contributed by atoms with E-state index in [1.165, 1.54) is 5.56 Å². The van der Waals surface area contributed by atoms with Crippen LogP contribution in [0.4, 0.5) is 0 Å². The predicted molar refractivity (Wildman–Crippen MR) is 85.9 cm³/mol. The Kier molecular flexibility index (Phi) is 5.91. The summed E-state index contributed by atoms with van der Waals surface area (Å²) in [6, 6.07) is 10.2. The molecular weight excluding hydrogens is 270 g/mol. The Morgan fingerprint density at radius 1 is 1.15 bits per heavy atom. The fourth-order valence-corrected chi connectivity index (χ4v) is 2.85. The van der Waals surface area contributed by atoms with Crippen LogP contribution in [0.3, 0.4) is 0 Å².